The summed E-state index contributed by atoms with van der Waals surface area (Å²) in [5.41, 5.74) is 3.97. The number of rotatable bonds is 5. The fourth-order valence-electron chi connectivity index (χ4n) is 2.83. The molecule has 1 aromatic carbocycles. The lowest BCUT2D eigenvalue weighted by Gasteiger charge is -2.09. The van der Waals surface area contributed by atoms with Gasteiger partial charge in [0.2, 0.25) is 0 Å². The quantitative estimate of drug-likeness (QED) is 0.875. The average molecular weight is 273 g/mol. The van der Waals surface area contributed by atoms with Crippen LogP contribution in [0, 0.1) is 0 Å². The molecule has 0 radical (unpaired) electrons. The average Bonchev–Trinajstić information content (AvgIpc) is 2.77. The van der Waals surface area contributed by atoms with E-state index in [1.165, 1.54) is 11.1 Å². The Bertz CT molecular complexity index is 638. The molecule has 0 saturated carbocycles. The molecule has 0 saturated heterocycles. The van der Waals surface area contributed by atoms with E-state index in [1.807, 2.05) is 12.1 Å². The molecule has 108 valence electrons. The minimum atomic E-state index is -0.848. The van der Waals surface area contributed by atoms with E-state index in [2.05, 4.69) is 38.5 Å². The predicted molar refractivity (Wildman–Crippen MR) is 82.7 cm³/mol. The highest BCUT2D eigenvalue weighted by Crippen LogP contribution is 2.31. The number of aromatic nitrogens is 1. The van der Waals surface area contributed by atoms with Crippen molar-refractivity contribution in [2.75, 3.05) is 0 Å². The minimum Gasteiger partial charge on any atom is -0.478 e. The number of hydrogen-bond acceptors (Lipinski definition) is 1. The Morgan fingerprint density at radius 3 is 2.50 bits per heavy atom. The van der Waals surface area contributed by atoms with Crippen LogP contribution in [0.4, 0.5) is 0 Å². The first-order valence-corrected chi connectivity index (χ1v) is 7.38. The number of fused-ring (bicyclic) bond motifs is 1. The molecule has 1 aromatic heterocycles. The van der Waals surface area contributed by atoms with Gasteiger partial charge in [-0.05, 0) is 42.0 Å². The second-order valence-corrected chi connectivity index (χ2v) is 5.62. The van der Waals surface area contributed by atoms with Gasteiger partial charge >= 0.3 is 5.97 Å². The topological polar surface area (TPSA) is 42.2 Å². The number of aryl methyl sites for hydroxylation is 2. The summed E-state index contributed by atoms with van der Waals surface area (Å²) in [5, 5.41) is 10.4. The Balaban J connectivity index is 2.81. The SMILES string of the molecule is CCCn1cc(C(C)C)c2cc(C(=O)O)cc(CC)c21. The lowest BCUT2D eigenvalue weighted by Crippen LogP contribution is -2.01. The van der Waals surface area contributed by atoms with Gasteiger partial charge in [0.25, 0.3) is 0 Å². The van der Waals surface area contributed by atoms with E-state index in [1.54, 1.807) is 0 Å². The molecule has 0 fully saturated rings. The Kier molecular flexibility index (Phi) is 4.17. The van der Waals surface area contributed by atoms with Gasteiger partial charge in [-0.2, -0.15) is 0 Å². The smallest absolute Gasteiger partial charge is 0.335 e. The molecule has 0 spiro atoms. The summed E-state index contributed by atoms with van der Waals surface area (Å²) in [6.45, 7) is 9.54. The summed E-state index contributed by atoms with van der Waals surface area (Å²) in [6.07, 6.45) is 4.12. The molecule has 3 nitrogen and oxygen atoms in total. The van der Waals surface area contributed by atoms with E-state index < -0.39 is 5.97 Å². The number of hydrogen-bond donors (Lipinski definition) is 1. The summed E-state index contributed by atoms with van der Waals surface area (Å²) < 4.78 is 2.29. The summed E-state index contributed by atoms with van der Waals surface area (Å²) >= 11 is 0. The van der Waals surface area contributed by atoms with E-state index >= 15 is 0 Å². The Labute approximate surface area is 120 Å². The predicted octanol–water partition coefficient (Wildman–Crippen LogP) is 4.44. The summed E-state index contributed by atoms with van der Waals surface area (Å²) in [5.74, 6) is -0.455. The zero-order chi connectivity index (χ0) is 14.9. The standard InChI is InChI=1S/C17H23NO2/c1-5-7-18-10-15(11(3)4)14-9-13(17(19)20)8-12(6-2)16(14)18/h8-11H,5-7H2,1-4H3,(H,19,20). The highest BCUT2D eigenvalue weighted by Gasteiger charge is 2.17. The van der Waals surface area contributed by atoms with Crippen LogP contribution in [0.25, 0.3) is 10.9 Å². The van der Waals surface area contributed by atoms with Gasteiger partial charge in [0.1, 0.15) is 0 Å². The molecule has 3 heteroatoms. The van der Waals surface area contributed by atoms with Crippen molar-refractivity contribution in [3.05, 3.63) is 35.0 Å². The molecule has 2 rings (SSSR count). The molecule has 20 heavy (non-hydrogen) atoms. The van der Waals surface area contributed by atoms with E-state index in [0.717, 1.165) is 30.3 Å². The van der Waals surface area contributed by atoms with Crippen LogP contribution in [-0.4, -0.2) is 15.6 Å². The zero-order valence-corrected chi connectivity index (χ0v) is 12.7. The van der Waals surface area contributed by atoms with Gasteiger partial charge in [0, 0.05) is 18.1 Å². The lowest BCUT2D eigenvalue weighted by atomic mass is 9.98. The van der Waals surface area contributed by atoms with Gasteiger partial charge in [0.05, 0.1) is 11.1 Å². The third-order valence-electron chi connectivity index (χ3n) is 3.80. The van der Waals surface area contributed by atoms with Crippen molar-refractivity contribution in [2.24, 2.45) is 0 Å². The van der Waals surface area contributed by atoms with Crippen LogP contribution in [0.15, 0.2) is 18.3 Å². The molecular formula is C17H23NO2. The van der Waals surface area contributed by atoms with Gasteiger partial charge in [-0.3, -0.25) is 0 Å². The molecular weight excluding hydrogens is 250 g/mol. The molecule has 1 heterocycles. The fraction of sp³-hybridized carbons (Fsp3) is 0.471. The van der Waals surface area contributed by atoms with Gasteiger partial charge in [-0.15, -0.1) is 0 Å². The number of carbonyl (C=O) groups is 1. The van der Waals surface area contributed by atoms with Crippen molar-refractivity contribution in [3.8, 4) is 0 Å². The maximum atomic E-state index is 11.3. The highest BCUT2D eigenvalue weighted by atomic mass is 16.4. The van der Waals surface area contributed by atoms with Crippen LogP contribution in [0.3, 0.4) is 0 Å². The van der Waals surface area contributed by atoms with Crippen molar-refractivity contribution in [2.45, 2.75) is 53.0 Å². The van der Waals surface area contributed by atoms with Crippen molar-refractivity contribution in [1.82, 2.24) is 4.57 Å². The summed E-state index contributed by atoms with van der Waals surface area (Å²) in [6, 6.07) is 3.65. The summed E-state index contributed by atoms with van der Waals surface area (Å²) in [7, 11) is 0. The third-order valence-corrected chi connectivity index (χ3v) is 3.80. The monoisotopic (exact) mass is 273 g/mol. The van der Waals surface area contributed by atoms with Gasteiger partial charge in [-0.25, -0.2) is 4.79 Å². The van der Waals surface area contributed by atoms with Crippen LogP contribution in [0.5, 0.6) is 0 Å². The van der Waals surface area contributed by atoms with Crippen molar-refractivity contribution < 1.29 is 9.90 Å². The van der Waals surface area contributed by atoms with Gasteiger partial charge < -0.3 is 9.67 Å². The van der Waals surface area contributed by atoms with Crippen LogP contribution in [0.1, 0.15) is 61.5 Å². The number of carboxylic acids is 1. The van der Waals surface area contributed by atoms with E-state index in [4.69, 9.17) is 0 Å². The number of nitrogens with zero attached hydrogens (tertiary/aromatic N) is 1. The van der Waals surface area contributed by atoms with Crippen molar-refractivity contribution in [1.29, 1.82) is 0 Å². The molecule has 0 amide bonds. The van der Waals surface area contributed by atoms with E-state index in [-0.39, 0.29) is 0 Å². The Hall–Kier alpha value is -1.77. The highest BCUT2D eigenvalue weighted by molar-refractivity contribution is 5.96. The zero-order valence-electron chi connectivity index (χ0n) is 12.7. The third kappa shape index (κ3) is 2.45. The first-order chi connectivity index (χ1) is 9.49. The van der Waals surface area contributed by atoms with Gasteiger partial charge in [0.15, 0.2) is 0 Å². The molecule has 0 atom stereocenters. The Morgan fingerprint density at radius 1 is 1.30 bits per heavy atom. The number of aromatic carboxylic acids is 1. The second-order valence-electron chi connectivity index (χ2n) is 5.62. The van der Waals surface area contributed by atoms with Gasteiger partial charge in [-0.1, -0.05) is 27.7 Å². The van der Waals surface area contributed by atoms with Crippen molar-refractivity contribution in [3.63, 3.8) is 0 Å². The Morgan fingerprint density at radius 2 is 2.00 bits per heavy atom. The maximum Gasteiger partial charge on any atom is 0.335 e. The number of carboxylic acid groups (broad SMARTS) is 1. The molecule has 2 aromatic rings. The molecule has 1 N–H and O–H groups in total. The lowest BCUT2D eigenvalue weighted by molar-refractivity contribution is 0.0697. The van der Waals surface area contributed by atoms with Crippen molar-refractivity contribution >= 4 is 16.9 Å². The minimum absolute atomic E-state index is 0.393. The molecule has 0 bridgehead atoms. The molecule has 0 aliphatic heterocycles. The maximum absolute atomic E-state index is 11.3. The van der Waals surface area contributed by atoms with Crippen LogP contribution < -0.4 is 0 Å². The number of benzene rings is 1. The largest absolute Gasteiger partial charge is 0.478 e. The first-order valence-electron chi connectivity index (χ1n) is 7.38. The molecule has 0 aliphatic rings. The van der Waals surface area contributed by atoms with Crippen LogP contribution in [0.2, 0.25) is 0 Å². The molecule has 0 unspecified atom stereocenters. The summed E-state index contributed by atoms with van der Waals surface area (Å²) in [4.78, 5) is 11.3. The van der Waals surface area contributed by atoms with Crippen LogP contribution >= 0.6 is 0 Å². The first kappa shape index (κ1) is 14.6. The second kappa shape index (κ2) is 5.70. The van der Waals surface area contributed by atoms with Crippen LogP contribution in [-0.2, 0) is 13.0 Å². The molecule has 0 aliphatic carbocycles. The van der Waals surface area contributed by atoms with E-state index in [0.29, 0.717) is 11.5 Å². The fourth-order valence-corrected chi connectivity index (χ4v) is 2.83. The normalized spacial score (nSPS) is 11.4. The van der Waals surface area contributed by atoms with E-state index in [9.17, 15) is 9.90 Å².